The van der Waals surface area contributed by atoms with E-state index in [9.17, 15) is 14.4 Å². The van der Waals surface area contributed by atoms with Crippen LogP contribution in [0.15, 0.2) is 0 Å². The lowest BCUT2D eigenvalue weighted by molar-refractivity contribution is -0.148. The van der Waals surface area contributed by atoms with Crippen molar-refractivity contribution >= 4 is 17.8 Å². The van der Waals surface area contributed by atoms with Crippen molar-refractivity contribution in [1.29, 1.82) is 0 Å². The van der Waals surface area contributed by atoms with E-state index in [0.29, 0.717) is 0 Å². The third-order valence-electron chi connectivity index (χ3n) is 1.93. The molecule has 0 aliphatic carbocycles. The monoisotopic (exact) mass is 170 g/mol. The minimum atomic E-state index is -1.14. The number of amides is 4. The fourth-order valence-corrected chi connectivity index (χ4v) is 0.946. The van der Waals surface area contributed by atoms with E-state index < -0.39 is 23.3 Å². The molecular formula is C7H10N2O3. The highest BCUT2D eigenvalue weighted by Gasteiger charge is 2.45. The van der Waals surface area contributed by atoms with Crippen molar-refractivity contribution in [1.82, 2.24) is 10.2 Å². The average molecular weight is 170 g/mol. The Morgan fingerprint density at radius 2 is 1.75 bits per heavy atom. The SMILES string of the molecule is CN1C(=O)NC(=O)C(C)(C)C1=O. The molecular weight excluding hydrogens is 160 g/mol. The Labute approximate surface area is 69.7 Å². The molecule has 1 heterocycles. The summed E-state index contributed by atoms with van der Waals surface area (Å²) in [4.78, 5) is 34.2. The lowest BCUT2D eigenvalue weighted by Crippen LogP contribution is -2.60. The predicted octanol–water partition coefficient (Wildman–Crippen LogP) is -0.279. The molecule has 0 spiro atoms. The first-order chi connectivity index (χ1) is 5.37. The number of carbonyl (C=O) groups is 3. The number of hydrogen-bond donors (Lipinski definition) is 1. The summed E-state index contributed by atoms with van der Waals surface area (Å²) in [5.74, 6) is -1.02. The number of hydrogen-bond acceptors (Lipinski definition) is 3. The number of nitrogens with zero attached hydrogens (tertiary/aromatic N) is 1. The van der Waals surface area contributed by atoms with Crippen LogP contribution in [0, 0.1) is 5.41 Å². The quantitative estimate of drug-likeness (QED) is 0.508. The van der Waals surface area contributed by atoms with Crippen LogP contribution in [0.4, 0.5) is 4.79 Å². The van der Waals surface area contributed by atoms with Crippen LogP contribution in [0.3, 0.4) is 0 Å². The van der Waals surface area contributed by atoms with E-state index in [1.807, 2.05) is 0 Å². The van der Waals surface area contributed by atoms with E-state index in [1.165, 1.54) is 20.9 Å². The summed E-state index contributed by atoms with van der Waals surface area (Å²) < 4.78 is 0. The van der Waals surface area contributed by atoms with Crippen LogP contribution in [0.1, 0.15) is 13.8 Å². The van der Waals surface area contributed by atoms with Crippen molar-refractivity contribution in [3.8, 4) is 0 Å². The molecule has 0 saturated carbocycles. The van der Waals surface area contributed by atoms with Gasteiger partial charge in [-0.2, -0.15) is 0 Å². The summed E-state index contributed by atoms with van der Waals surface area (Å²) in [6.45, 7) is 2.96. The summed E-state index contributed by atoms with van der Waals surface area (Å²) in [5, 5.41) is 2.08. The standard InChI is InChI=1S/C7H10N2O3/c1-7(2)4(10)8-6(12)9(3)5(7)11/h1-3H3,(H,8,10,12). The number of nitrogens with one attached hydrogen (secondary N) is 1. The van der Waals surface area contributed by atoms with E-state index >= 15 is 0 Å². The Bertz CT molecular complexity index is 270. The van der Waals surface area contributed by atoms with E-state index in [1.54, 1.807) is 0 Å². The van der Waals surface area contributed by atoms with Gasteiger partial charge in [-0.1, -0.05) is 0 Å². The van der Waals surface area contributed by atoms with Crippen molar-refractivity contribution in [3.05, 3.63) is 0 Å². The smallest absolute Gasteiger partial charge is 0.277 e. The summed E-state index contributed by atoms with van der Waals surface area (Å²) >= 11 is 0. The van der Waals surface area contributed by atoms with Crippen molar-refractivity contribution in [2.45, 2.75) is 13.8 Å². The van der Waals surface area contributed by atoms with Gasteiger partial charge in [0.05, 0.1) is 0 Å². The molecule has 0 radical (unpaired) electrons. The minimum Gasteiger partial charge on any atom is -0.277 e. The molecule has 5 heteroatoms. The molecule has 0 aromatic rings. The molecule has 5 nitrogen and oxygen atoms in total. The number of rotatable bonds is 0. The first-order valence-corrected chi connectivity index (χ1v) is 3.51. The van der Waals surface area contributed by atoms with Crippen LogP contribution < -0.4 is 5.32 Å². The van der Waals surface area contributed by atoms with Gasteiger partial charge in [-0.3, -0.25) is 19.8 Å². The normalized spacial score (nSPS) is 22.6. The third kappa shape index (κ3) is 0.975. The zero-order valence-electron chi connectivity index (χ0n) is 7.17. The highest BCUT2D eigenvalue weighted by Crippen LogP contribution is 2.21. The van der Waals surface area contributed by atoms with Crippen LogP contribution in [-0.4, -0.2) is 29.8 Å². The Morgan fingerprint density at radius 3 is 2.25 bits per heavy atom. The van der Waals surface area contributed by atoms with E-state index in [4.69, 9.17) is 0 Å². The molecule has 1 aliphatic rings. The molecule has 1 saturated heterocycles. The van der Waals surface area contributed by atoms with Gasteiger partial charge < -0.3 is 0 Å². The van der Waals surface area contributed by atoms with Gasteiger partial charge in [0.2, 0.25) is 11.8 Å². The van der Waals surface area contributed by atoms with Gasteiger partial charge in [0, 0.05) is 7.05 Å². The summed E-state index contributed by atoms with van der Waals surface area (Å²) in [5.41, 5.74) is -1.14. The highest BCUT2D eigenvalue weighted by atomic mass is 16.2. The Hall–Kier alpha value is -1.39. The van der Waals surface area contributed by atoms with Crippen molar-refractivity contribution < 1.29 is 14.4 Å². The maximum atomic E-state index is 11.3. The number of carbonyl (C=O) groups excluding carboxylic acids is 3. The zero-order valence-corrected chi connectivity index (χ0v) is 7.17. The molecule has 66 valence electrons. The van der Waals surface area contributed by atoms with Crippen molar-refractivity contribution in [2.75, 3.05) is 7.05 Å². The Morgan fingerprint density at radius 1 is 1.25 bits per heavy atom. The molecule has 0 unspecified atom stereocenters. The molecule has 1 aliphatic heterocycles. The average Bonchev–Trinajstić information content (AvgIpc) is 1.99. The van der Waals surface area contributed by atoms with Gasteiger partial charge in [0.25, 0.3) is 0 Å². The first-order valence-electron chi connectivity index (χ1n) is 3.51. The largest absolute Gasteiger partial charge is 0.330 e. The van der Waals surface area contributed by atoms with Gasteiger partial charge >= 0.3 is 6.03 Å². The molecule has 4 amide bonds. The maximum absolute atomic E-state index is 11.3. The Kier molecular flexibility index (Phi) is 1.67. The van der Waals surface area contributed by atoms with E-state index in [-0.39, 0.29) is 0 Å². The molecule has 1 N–H and O–H groups in total. The molecule has 0 bridgehead atoms. The summed E-state index contributed by atoms with van der Waals surface area (Å²) in [7, 11) is 1.34. The highest BCUT2D eigenvalue weighted by molar-refractivity contribution is 6.18. The lowest BCUT2D eigenvalue weighted by Gasteiger charge is -2.31. The fraction of sp³-hybridized carbons (Fsp3) is 0.571. The zero-order chi connectivity index (χ0) is 9.52. The molecule has 1 fully saturated rings. The van der Waals surface area contributed by atoms with Crippen LogP contribution in [0.5, 0.6) is 0 Å². The summed E-state index contributed by atoms with van der Waals surface area (Å²) in [6.07, 6.45) is 0. The van der Waals surface area contributed by atoms with E-state index in [0.717, 1.165) is 4.90 Å². The van der Waals surface area contributed by atoms with Gasteiger partial charge in [-0.25, -0.2) is 4.79 Å². The van der Waals surface area contributed by atoms with Crippen molar-refractivity contribution in [2.24, 2.45) is 5.41 Å². The molecule has 0 atom stereocenters. The van der Waals surface area contributed by atoms with Crippen LogP contribution in [0.2, 0.25) is 0 Å². The maximum Gasteiger partial charge on any atom is 0.330 e. The van der Waals surface area contributed by atoms with Gasteiger partial charge in [-0.05, 0) is 13.8 Å². The fourth-order valence-electron chi connectivity index (χ4n) is 0.946. The lowest BCUT2D eigenvalue weighted by atomic mass is 9.89. The van der Waals surface area contributed by atoms with Crippen LogP contribution in [0.25, 0.3) is 0 Å². The second-order valence-corrected chi connectivity index (χ2v) is 3.25. The molecule has 1 rings (SSSR count). The topological polar surface area (TPSA) is 66.5 Å². The minimum absolute atomic E-state index is 0.476. The second-order valence-electron chi connectivity index (χ2n) is 3.25. The van der Waals surface area contributed by atoms with Gasteiger partial charge in [0.1, 0.15) is 5.41 Å². The van der Waals surface area contributed by atoms with E-state index in [2.05, 4.69) is 5.32 Å². The van der Waals surface area contributed by atoms with Crippen LogP contribution in [-0.2, 0) is 9.59 Å². The molecule has 0 aromatic heterocycles. The number of imide groups is 2. The number of urea groups is 1. The van der Waals surface area contributed by atoms with Crippen LogP contribution >= 0.6 is 0 Å². The molecule has 0 aromatic carbocycles. The summed E-state index contributed by atoms with van der Waals surface area (Å²) in [6, 6.07) is -0.663. The Balaban J connectivity index is 3.04. The van der Waals surface area contributed by atoms with Gasteiger partial charge in [-0.15, -0.1) is 0 Å². The predicted molar refractivity (Wildman–Crippen MR) is 40.1 cm³/mol. The first kappa shape index (κ1) is 8.70. The third-order valence-corrected chi connectivity index (χ3v) is 1.93. The second kappa shape index (κ2) is 2.30. The molecule has 12 heavy (non-hydrogen) atoms. The van der Waals surface area contributed by atoms with Gasteiger partial charge in [0.15, 0.2) is 0 Å². The number of barbiturate groups is 1. The van der Waals surface area contributed by atoms with Crippen molar-refractivity contribution in [3.63, 3.8) is 0 Å².